The predicted molar refractivity (Wildman–Crippen MR) is 204 cm³/mol. The molecule has 286 valence electrons. The molecule has 1 unspecified atom stereocenters. The molecule has 5 amide bonds. The highest BCUT2D eigenvalue weighted by molar-refractivity contribution is 7.99. The number of nitrogens with two attached hydrogens (primary N) is 1. The number of nitrogen functional groups attached to an aromatic ring is 1. The minimum Gasteiger partial charge on any atom is -0.457 e. The number of imide groups is 2. The van der Waals surface area contributed by atoms with Crippen LogP contribution in [0, 0.1) is 5.82 Å². The summed E-state index contributed by atoms with van der Waals surface area (Å²) in [6, 6.07) is 18.9. The number of unbranched alkanes of at least 4 members (excludes halogenated alkanes) is 1. The van der Waals surface area contributed by atoms with Crippen LogP contribution in [0.3, 0.4) is 0 Å². The highest BCUT2D eigenvalue weighted by Crippen LogP contribution is 2.37. The van der Waals surface area contributed by atoms with E-state index in [9.17, 15) is 24.0 Å². The Morgan fingerprint density at radius 3 is 2.41 bits per heavy atom. The summed E-state index contributed by atoms with van der Waals surface area (Å²) >= 11 is 1.20. The van der Waals surface area contributed by atoms with Gasteiger partial charge in [-0.3, -0.25) is 34.2 Å². The Morgan fingerprint density at radius 2 is 1.66 bits per heavy atom. The molecule has 1 atom stereocenters. The second-order valence-electron chi connectivity index (χ2n) is 13.9. The monoisotopic (exact) mass is 776 g/mol. The van der Waals surface area contributed by atoms with E-state index in [4.69, 9.17) is 15.6 Å². The largest absolute Gasteiger partial charge is 0.457 e. The zero-order valence-corrected chi connectivity index (χ0v) is 31.0. The Labute approximate surface area is 324 Å². The van der Waals surface area contributed by atoms with Crippen molar-refractivity contribution in [3.05, 3.63) is 90.0 Å². The van der Waals surface area contributed by atoms with Gasteiger partial charge in [-0.15, -0.1) is 11.8 Å². The van der Waals surface area contributed by atoms with Crippen LogP contribution in [0.5, 0.6) is 11.5 Å². The van der Waals surface area contributed by atoms with E-state index < -0.39 is 35.5 Å². The van der Waals surface area contributed by atoms with Gasteiger partial charge in [-0.1, -0.05) is 18.2 Å². The van der Waals surface area contributed by atoms with Gasteiger partial charge in [0.15, 0.2) is 5.65 Å². The van der Waals surface area contributed by atoms with Crippen molar-refractivity contribution in [2.75, 3.05) is 24.6 Å². The number of nitrogens with zero attached hydrogens (tertiary/aromatic N) is 6. The molecule has 2 saturated heterocycles. The third kappa shape index (κ3) is 7.07. The lowest BCUT2D eigenvalue weighted by Crippen LogP contribution is -2.54. The number of para-hydroxylation sites is 1. The van der Waals surface area contributed by atoms with Crippen LogP contribution >= 0.6 is 11.8 Å². The zero-order valence-electron chi connectivity index (χ0n) is 30.2. The van der Waals surface area contributed by atoms with Crippen molar-refractivity contribution < 1.29 is 33.1 Å². The summed E-state index contributed by atoms with van der Waals surface area (Å²) in [6.45, 7) is 1.12. The summed E-state index contributed by atoms with van der Waals surface area (Å²) < 4.78 is 23.4. The minimum atomic E-state index is -1.16. The van der Waals surface area contributed by atoms with E-state index >= 15 is 4.39 Å². The summed E-state index contributed by atoms with van der Waals surface area (Å²) in [7, 11) is 0. The molecular weight excluding hydrogens is 740 g/mol. The molecular formula is C40H37FN8O6S. The van der Waals surface area contributed by atoms with E-state index in [1.54, 1.807) is 0 Å². The molecule has 5 heterocycles. The molecule has 0 bridgehead atoms. The molecule has 0 saturated carbocycles. The Bertz CT molecular complexity index is 2360. The predicted octanol–water partition coefficient (Wildman–Crippen LogP) is 5.53. The molecule has 14 nitrogen and oxygen atoms in total. The second-order valence-corrected chi connectivity index (χ2v) is 15.0. The topological polar surface area (TPSA) is 183 Å². The molecule has 0 aliphatic carbocycles. The first-order valence-corrected chi connectivity index (χ1v) is 19.4. The van der Waals surface area contributed by atoms with Crippen molar-refractivity contribution in [2.24, 2.45) is 0 Å². The van der Waals surface area contributed by atoms with E-state index in [1.165, 1.54) is 30.2 Å². The number of aromatic nitrogens is 4. The number of thioether (sulfide) groups is 1. The Kier molecular flexibility index (Phi) is 10.2. The molecule has 3 N–H and O–H groups in total. The van der Waals surface area contributed by atoms with E-state index in [1.807, 2.05) is 64.2 Å². The maximum atomic E-state index is 15.5. The molecule has 2 fully saturated rings. The molecule has 5 aromatic rings. The number of halogens is 1. The number of hydrogen-bond acceptors (Lipinski definition) is 11. The van der Waals surface area contributed by atoms with Gasteiger partial charge in [0.25, 0.3) is 11.8 Å². The summed E-state index contributed by atoms with van der Waals surface area (Å²) in [4.78, 5) is 74.8. The molecule has 0 spiro atoms. The van der Waals surface area contributed by atoms with E-state index in [0.29, 0.717) is 79.2 Å². The summed E-state index contributed by atoms with van der Waals surface area (Å²) in [5.41, 5.74) is 8.06. The van der Waals surface area contributed by atoms with E-state index in [-0.39, 0.29) is 40.8 Å². The molecule has 56 heavy (non-hydrogen) atoms. The van der Waals surface area contributed by atoms with Gasteiger partial charge < -0.3 is 15.4 Å². The van der Waals surface area contributed by atoms with Gasteiger partial charge in [0.1, 0.15) is 41.2 Å². The molecule has 3 aliphatic heterocycles. The lowest BCUT2D eigenvalue weighted by molar-refractivity contribution is -0.136. The lowest BCUT2D eigenvalue weighted by Gasteiger charge is -2.32. The van der Waals surface area contributed by atoms with Gasteiger partial charge in [0.05, 0.1) is 22.6 Å². The average Bonchev–Trinajstić information content (AvgIpc) is 3.72. The normalized spacial score (nSPS) is 17.4. The number of nitrogens with one attached hydrogen (secondary N) is 1. The number of rotatable bonds is 11. The summed E-state index contributed by atoms with van der Waals surface area (Å²) in [5, 5.41) is 7.79. The van der Waals surface area contributed by atoms with Crippen LogP contribution in [-0.4, -0.2) is 84.0 Å². The number of likely N-dealkylation sites (tertiary alicyclic amines) is 1. The summed E-state index contributed by atoms with van der Waals surface area (Å²) in [6.07, 6.45) is 4.34. The van der Waals surface area contributed by atoms with Crippen molar-refractivity contribution in [3.63, 3.8) is 0 Å². The van der Waals surface area contributed by atoms with Crippen molar-refractivity contribution in [2.45, 2.75) is 61.9 Å². The first-order chi connectivity index (χ1) is 27.2. The fraction of sp³-hybridized carbons (Fsp3) is 0.300. The van der Waals surface area contributed by atoms with Gasteiger partial charge in [-0.25, -0.2) is 19.0 Å². The highest BCUT2D eigenvalue weighted by Gasteiger charge is 2.46. The van der Waals surface area contributed by atoms with Gasteiger partial charge in [0.2, 0.25) is 17.7 Å². The standard InChI is InChI=1S/C40H37FN8O6S/c41-34-29(15-13-27-32(34)40(54)48(39(27)53)28-14-16-30(50)45-38(28)52)56-21-5-4-8-31(51)47-19-17-24(18-20-47)49-37-33(36(42)43-22-44-37)35(46-49)23-9-11-26(12-10-23)55-25-6-2-1-3-7-25/h1-3,6-7,9-13,15,22,24,28H,4-5,8,14,16-21H2,(H2,42,43,44)(H,45,50,52). The zero-order chi connectivity index (χ0) is 38.9. The van der Waals surface area contributed by atoms with Crippen molar-refractivity contribution in [3.8, 4) is 22.8 Å². The number of piperidine rings is 2. The quantitative estimate of drug-likeness (QED) is 0.0977. The Balaban J connectivity index is 0.837. The van der Waals surface area contributed by atoms with Crippen LogP contribution in [0.25, 0.3) is 22.3 Å². The second kappa shape index (κ2) is 15.5. The lowest BCUT2D eigenvalue weighted by atomic mass is 10.0. The third-order valence-corrected chi connectivity index (χ3v) is 11.5. The highest BCUT2D eigenvalue weighted by atomic mass is 32.2. The van der Waals surface area contributed by atoms with Crippen molar-refractivity contribution in [1.29, 1.82) is 0 Å². The van der Waals surface area contributed by atoms with Gasteiger partial charge in [-0.2, -0.15) is 5.10 Å². The molecule has 3 aromatic carbocycles. The number of ether oxygens (including phenoxy) is 1. The average molecular weight is 777 g/mol. The van der Waals surface area contributed by atoms with Crippen molar-refractivity contribution >= 4 is 58.1 Å². The van der Waals surface area contributed by atoms with Crippen LogP contribution < -0.4 is 15.8 Å². The van der Waals surface area contributed by atoms with Crippen LogP contribution in [0.2, 0.25) is 0 Å². The molecule has 8 rings (SSSR count). The molecule has 3 aliphatic rings. The molecule has 2 aromatic heterocycles. The first kappa shape index (κ1) is 36.8. The van der Waals surface area contributed by atoms with Gasteiger partial charge >= 0.3 is 0 Å². The maximum absolute atomic E-state index is 15.5. The molecule has 16 heteroatoms. The van der Waals surface area contributed by atoms with Crippen LogP contribution in [0.15, 0.2) is 78.0 Å². The molecule has 0 radical (unpaired) electrons. The van der Waals surface area contributed by atoms with E-state index in [2.05, 4.69) is 15.3 Å². The van der Waals surface area contributed by atoms with Crippen LogP contribution in [0.4, 0.5) is 10.2 Å². The van der Waals surface area contributed by atoms with Crippen molar-refractivity contribution in [1.82, 2.24) is 34.9 Å². The number of amides is 5. The maximum Gasteiger partial charge on any atom is 0.265 e. The number of hydrogen-bond donors (Lipinski definition) is 2. The third-order valence-electron chi connectivity index (χ3n) is 10.3. The number of carbonyl (C=O) groups is 5. The van der Waals surface area contributed by atoms with Crippen LogP contribution in [0.1, 0.15) is 71.7 Å². The first-order valence-electron chi connectivity index (χ1n) is 18.4. The number of benzene rings is 3. The SMILES string of the molecule is Nc1ncnc2c1c(-c1ccc(Oc3ccccc3)cc1)nn2C1CCN(C(=O)CCCCSc2ccc3c(c2F)C(=O)N(C2CCC(=O)NC2=O)C3=O)CC1. The van der Waals surface area contributed by atoms with Crippen LogP contribution in [-0.2, 0) is 14.4 Å². The van der Waals surface area contributed by atoms with E-state index in [0.717, 1.165) is 16.2 Å². The number of anilines is 1. The smallest absolute Gasteiger partial charge is 0.265 e. The Hall–Kier alpha value is -6.16. The fourth-order valence-electron chi connectivity index (χ4n) is 7.45. The Morgan fingerprint density at radius 1 is 0.911 bits per heavy atom. The number of carbonyl (C=O) groups excluding carboxylic acids is 5. The fourth-order valence-corrected chi connectivity index (χ4v) is 8.41. The van der Waals surface area contributed by atoms with Gasteiger partial charge in [-0.05, 0) is 86.4 Å². The minimum absolute atomic E-state index is 0.00202. The number of fused-ring (bicyclic) bond motifs is 2. The summed E-state index contributed by atoms with van der Waals surface area (Å²) in [5.74, 6) is -1.37. The van der Waals surface area contributed by atoms with Gasteiger partial charge in [0, 0.05) is 36.4 Å².